The predicted octanol–water partition coefficient (Wildman–Crippen LogP) is 3.45. The van der Waals surface area contributed by atoms with Gasteiger partial charge in [0.2, 0.25) is 5.91 Å². The van der Waals surface area contributed by atoms with Crippen LogP contribution in [0, 0.1) is 5.92 Å². The van der Waals surface area contributed by atoms with Crippen LogP contribution >= 0.6 is 0 Å². The van der Waals surface area contributed by atoms with Crippen LogP contribution in [0.2, 0.25) is 0 Å². The summed E-state index contributed by atoms with van der Waals surface area (Å²) >= 11 is 0. The summed E-state index contributed by atoms with van der Waals surface area (Å²) in [6, 6.07) is 9.59. The lowest BCUT2D eigenvalue weighted by Crippen LogP contribution is -2.21. The summed E-state index contributed by atoms with van der Waals surface area (Å²) in [4.78, 5) is 24.3. The van der Waals surface area contributed by atoms with Gasteiger partial charge in [0.15, 0.2) is 17.3 Å². The molecule has 2 fully saturated rings. The molecule has 0 bridgehead atoms. The third kappa shape index (κ3) is 5.26. The number of ether oxygens (including phenoxy) is 2. The van der Waals surface area contributed by atoms with E-state index in [1.54, 1.807) is 13.2 Å². The average molecular weight is 506 g/mol. The first-order chi connectivity index (χ1) is 18.0. The van der Waals surface area contributed by atoms with Crippen molar-refractivity contribution < 1.29 is 19.1 Å². The highest BCUT2D eigenvalue weighted by molar-refractivity contribution is 5.99. The zero-order valence-electron chi connectivity index (χ0n) is 21.0. The fraction of sp³-hybridized carbons (Fsp3) is 0.423. The molecule has 1 saturated carbocycles. The van der Waals surface area contributed by atoms with Gasteiger partial charge in [0.1, 0.15) is 0 Å². The number of anilines is 3. The van der Waals surface area contributed by atoms with Gasteiger partial charge in [-0.2, -0.15) is 5.10 Å². The SMILES string of the molecule is CCc1cc(-c2cccc(Nc3cc(NC(=O)C4CC4)nnc3C(N)=O)c2OC)nn1C1CCOCC1. The maximum absolute atomic E-state index is 12.2. The molecular weight excluding hydrogens is 474 g/mol. The van der Waals surface area contributed by atoms with Crippen LogP contribution in [0.3, 0.4) is 0 Å². The van der Waals surface area contributed by atoms with Crippen molar-refractivity contribution in [2.45, 2.75) is 45.1 Å². The van der Waals surface area contributed by atoms with Crippen molar-refractivity contribution >= 4 is 29.0 Å². The standard InChI is InChI=1S/C26H31N7O4/c1-3-16-13-20(32-33(16)17-9-11-37-12-10-17)18-5-4-6-19(24(18)36-2)28-21-14-22(29-26(35)15-7-8-15)30-31-23(21)25(27)34/h4-6,13-15,17H,3,7-12H2,1-2H3,(H2,27,34)(H2,28,29,30,35). The molecular formula is C26H31N7O4. The van der Waals surface area contributed by atoms with Crippen LogP contribution in [0.25, 0.3) is 11.3 Å². The van der Waals surface area contributed by atoms with Gasteiger partial charge in [0, 0.05) is 36.5 Å². The minimum atomic E-state index is -0.743. The Bertz CT molecular complexity index is 1310. The van der Waals surface area contributed by atoms with Crippen molar-refractivity contribution in [1.29, 1.82) is 0 Å². The summed E-state index contributed by atoms with van der Waals surface area (Å²) in [5.74, 6) is -0.0638. The van der Waals surface area contributed by atoms with Crippen molar-refractivity contribution in [3.8, 4) is 17.0 Å². The lowest BCUT2D eigenvalue weighted by Gasteiger charge is -2.24. The minimum Gasteiger partial charge on any atom is -0.494 e. The number of amides is 2. The number of primary amides is 1. The molecule has 0 unspecified atom stereocenters. The summed E-state index contributed by atoms with van der Waals surface area (Å²) < 4.78 is 13.5. The van der Waals surface area contributed by atoms with Crippen molar-refractivity contribution in [2.24, 2.45) is 11.7 Å². The summed E-state index contributed by atoms with van der Waals surface area (Å²) in [7, 11) is 1.58. The molecule has 37 heavy (non-hydrogen) atoms. The number of methoxy groups -OCH3 is 1. The van der Waals surface area contributed by atoms with Crippen molar-refractivity contribution in [2.75, 3.05) is 31.0 Å². The fourth-order valence-corrected chi connectivity index (χ4v) is 4.58. The molecule has 2 aliphatic rings. The minimum absolute atomic E-state index is 0.000226. The van der Waals surface area contributed by atoms with E-state index in [1.165, 1.54) is 0 Å². The Morgan fingerprint density at radius 2 is 1.92 bits per heavy atom. The molecule has 2 aromatic heterocycles. The zero-order valence-corrected chi connectivity index (χ0v) is 21.0. The number of carbonyl (C=O) groups is 2. The molecule has 3 heterocycles. The van der Waals surface area contributed by atoms with Gasteiger partial charge < -0.3 is 25.8 Å². The van der Waals surface area contributed by atoms with Crippen LogP contribution in [0.15, 0.2) is 30.3 Å². The number of hydrogen-bond acceptors (Lipinski definition) is 8. The highest BCUT2D eigenvalue weighted by Gasteiger charge is 2.30. The summed E-state index contributed by atoms with van der Waals surface area (Å²) in [5, 5.41) is 18.8. The monoisotopic (exact) mass is 505 g/mol. The molecule has 3 aromatic rings. The highest BCUT2D eigenvalue weighted by atomic mass is 16.5. The number of para-hydroxylation sites is 1. The topological polar surface area (TPSA) is 146 Å². The normalized spacial score (nSPS) is 15.8. The Morgan fingerprint density at radius 3 is 2.59 bits per heavy atom. The van der Waals surface area contributed by atoms with Gasteiger partial charge in [-0.3, -0.25) is 14.3 Å². The Morgan fingerprint density at radius 1 is 1.14 bits per heavy atom. The van der Waals surface area contributed by atoms with E-state index < -0.39 is 5.91 Å². The molecule has 11 nitrogen and oxygen atoms in total. The van der Waals surface area contributed by atoms with Gasteiger partial charge >= 0.3 is 0 Å². The quantitative estimate of drug-likeness (QED) is 0.401. The van der Waals surface area contributed by atoms with Crippen molar-refractivity contribution in [3.05, 3.63) is 41.7 Å². The smallest absolute Gasteiger partial charge is 0.271 e. The number of nitrogens with zero attached hydrogens (tertiary/aromatic N) is 4. The molecule has 11 heteroatoms. The molecule has 1 aliphatic carbocycles. The first kappa shape index (κ1) is 24.7. The van der Waals surface area contributed by atoms with E-state index in [4.69, 9.17) is 20.3 Å². The number of rotatable bonds is 9. The molecule has 1 aliphatic heterocycles. The average Bonchev–Trinajstić information content (AvgIpc) is 3.68. The second-order valence-electron chi connectivity index (χ2n) is 9.29. The molecule has 0 spiro atoms. The van der Waals surface area contributed by atoms with E-state index in [1.807, 2.05) is 18.2 Å². The fourth-order valence-electron chi connectivity index (χ4n) is 4.58. The molecule has 2 amide bonds. The van der Waals surface area contributed by atoms with E-state index >= 15 is 0 Å². The Balaban J connectivity index is 1.48. The van der Waals surface area contributed by atoms with Crippen LogP contribution in [0.4, 0.5) is 17.2 Å². The van der Waals surface area contributed by atoms with Crippen LogP contribution in [-0.2, 0) is 16.0 Å². The lowest BCUT2D eigenvalue weighted by atomic mass is 10.1. The number of aryl methyl sites for hydroxylation is 1. The van der Waals surface area contributed by atoms with Crippen molar-refractivity contribution in [1.82, 2.24) is 20.0 Å². The maximum atomic E-state index is 12.2. The molecule has 194 valence electrons. The molecule has 4 N–H and O–H groups in total. The number of benzene rings is 1. The molecule has 5 rings (SSSR count). The number of nitrogens with one attached hydrogen (secondary N) is 2. The molecule has 1 saturated heterocycles. The van der Waals surface area contributed by atoms with Gasteiger partial charge in [-0.25, -0.2) is 0 Å². The van der Waals surface area contributed by atoms with Gasteiger partial charge in [-0.1, -0.05) is 13.0 Å². The number of hydrogen-bond donors (Lipinski definition) is 3. The van der Waals surface area contributed by atoms with E-state index in [9.17, 15) is 9.59 Å². The second kappa shape index (κ2) is 10.6. The lowest BCUT2D eigenvalue weighted by molar-refractivity contribution is -0.117. The Labute approximate surface area is 214 Å². The third-order valence-electron chi connectivity index (χ3n) is 6.70. The summed E-state index contributed by atoms with van der Waals surface area (Å²) in [6.45, 7) is 3.58. The van der Waals surface area contributed by atoms with Crippen LogP contribution in [-0.4, -0.2) is 52.1 Å². The molecule has 1 aromatic carbocycles. The zero-order chi connectivity index (χ0) is 25.9. The highest BCUT2D eigenvalue weighted by Crippen LogP contribution is 2.39. The second-order valence-corrected chi connectivity index (χ2v) is 9.29. The summed E-state index contributed by atoms with van der Waals surface area (Å²) in [5.41, 5.74) is 9.15. The van der Waals surface area contributed by atoms with Gasteiger partial charge in [-0.15, -0.1) is 10.2 Å². The van der Waals surface area contributed by atoms with E-state index in [2.05, 4.69) is 38.5 Å². The van der Waals surface area contributed by atoms with E-state index in [0.29, 0.717) is 23.2 Å². The number of nitrogens with two attached hydrogens (primary N) is 1. The van der Waals surface area contributed by atoms with Gasteiger partial charge in [-0.05, 0) is 50.3 Å². The third-order valence-corrected chi connectivity index (χ3v) is 6.70. The van der Waals surface area contributed by atoms with E-state index in [-0.39, 0.29) is 23.3 Å². The number of aromatic nitrogens is 4. The van der Waals surface area contributed by atoms with Crippen LogP contribution in [0.5, 0.6) is 5.75 Å². The first-order valence-electron chi connectivity index (χ1n) is 12.6. The van der Waals surface area contributed by atoms with Crippen LogP contribution < -0.4 is 21.1 Å². The largest absolute Gasteiger partial charge is 0.494 e. The summed E-state index contributed by atoms with van der Waals surface area (Å²) in [6.07, 6.45) is 4.43. The maximum Gasteiger partial charge on any atom is 0.271 e. The van der Waals surface area contributed by atoms with Crippen molar-refractivity contribution in [3.63, 3.8) is 0 Å². The van der Waals surface area contributed by atoms with E-state index in [0.717, 1.165) is 62.3 Å². The molecule has 0 radical (unpaired) electrons. The Kier molecular flexibility index (Phi) is 7.04. The molecule has 0 atom stereocenters. The Hall–Kier alpha value is -3.99. The van der Waals surface area contributed by atoms with Gasteiger partial charge in [0.05, 0.1) is 30.2 Å². The van der Waals surface area contributed by atoms with Gasteiger partial charge in [0.25, 0.3) is 5.91 Å². The predicted molar refractivity (Wildman–Crippen MR) is 138 cm³/mol. The number of carbonyl (C=O) groups excluding carboxylic acids is 2. The van der Waals surface area contributed by atoms with Crippen LogP contribution in [0.1, 0.15) is 54.8 Å². The first-order valence-corrected chi connectivity index (χ1v) is 12.6.